The van der Waals surface area contributed by atoms with Crippen LogP contribution in [0.2, 0.25) is 0 Å². The molecule has 1 aromatic rings. The zero-order valence-electron chi connectivity index (χ0n) is 22.2. The molecule has 0 aliphatic carbocycles. The van der Waals surface area contributed by atoms with Crippen LogP contribution in [0.15, 0.2) is 12.1 Å². The molecule has 0 aliphatic heterocycles. The lowest BCUT2D eigenvalue weighted by atomic mass is 9.89. The third-order valence-electron chi connectivity index (χ3n) is 7.11. The van der Waals surface area contributed by atoms with Gasteiger partial charge in [0.15, 0.2) is 0 Å². The summed E-state index contributed by atoms with van der Waals surface area (Å²) < 4.78 is 0. The van der Waals surface area contributed by atoms with E-state index in [1.54, 1.807) is 0 Å². The highest BCUT2D eigenvalue weighted by Crippen LogP contribution is 2.30. The van der Waals surface area contributed by atoms with E-state index >= 15 is 0 Å². The summed E-state index contributed by atoms with van der Waals surface area (Å²) in [6, 6.07) is 4.23. The summed E-state index contributed by atoms with van der Waals surface area (Å²) in [6.45, 7) is 6.86. The molecule has 186 valence electrons. The molecular formula is C31H56O. The Bertz CT molecular complexity index is 548. The number of rotatable bonds is 22. The molecule has 0 bridgehead atoms. The van der Waals surface area contributed by atoms with Crippen molar-refractivity contribution in [1.29, 1.82) is 0 Å². The molecule has 0 saturated carbocycles. The molecule has 0 saturated heterocycles. The van der Waals surface area contributed by atoms with Crippen molar-refractivity contribution in [3.63, 3.8) is 0 Å². The molecule has 0 heterocycles. The van der Waals surface area contributed by atoms with E-state index < -0.39 is 0 Å². The van der Waals surface area contributed by atoms with Crippen LogP contribution in [0.3, 0.4) is 0 Å². The number of hydrogen-bond donors (Lipinski definition) is 1. The van der Waals surface area contributed by atoms with E-state index in [0.29, 0.717) is 5.75 Å². The van der Waals surface area contributed by atoms with Gasteiger partial charge in [-0.25, -0.2) is 0 Å². The lowest BCUT2D eigenvalue weighted by molar-refractivity contribution is 0.463. The fourth-order valence-electron chi connectivity index (χ4n) is 4.99. The third-order valence-corrected chi connectivity index (χ3v) is 7.11. The van der Waals surface area contributed by atoms with Gasteiger partial charge in [-0.2, -0.15) is 0 Å². The Morgan fingerprint density at radius 3 is 1.28 bits per heavy atom. The highest BCUT2D eigenvalue weighted by atomic mass is 16.3. The summed E-state index contributed by atoms with van der Waals surface area (Å²) >= 11 is 0. The molecule has 32 heavy (non-hydrogen) atoms. The molecule has 0 aromatic heterocycles. The quantitative estimate of drug-likeness (QED) is 0.176. The molecule has 0 radical (unpaired) electrons. The molecule has 0 fully saturated rings. The SMILES string of the molecule is CCCCCCCCCCc1c(O)ccc(CCCCCCC)c1CCCCCCCC. The van der Waals surface area contributed by atoms with Crippen molar-refractivity contribution in [1.82, 2.24) is 0 Å². The van der Waals surface area contributed by atoms with E-state index in [0.717, 1.165) is 12.8 Å². The number of aryl methyl sites for hydroxylation is 1. The molecular weight excluding hydrogens is 388 g/mol. The summed E-state index contributed by atoms with van der Waals surface area (Å²) in [5, 5.41) is 10.7. The van der Waals surface area contributed by atoms with Gasteiger partial charge < -0.3 is 5.11 Å². The van der Waals surface area contributed by atoms with Crippen LogP contribution in [0.4, 0.5) is 0 Å². The van der Waals surface area contributed by atoms with Gasteiger partial charge in [-0.15, -0.1) is 0 Å². The Kier molecular flexibility index (Phi) is 18.7. The average Bonchev–Trinajstić information content (AvgIpc) is 2.80. The molecule has 0 spiro atoms. The van der Waals surface area contributed by atoms with E-state index in [-0.39, 0.29) is 0 Å². The second-order valence-electron chi connectivity index (χ2n) is 10.1. The molecule has 0 aliphatic rings. The van der Waals surface area contributed by atoms with Gasteiger partial charge in [-0.3, -0.25) is 0 Å². The lowest BCUT2D eigenvalue weighted by Crippen LogP contribution is -2.03. The van der Waals surface area contributed by atoms with Crippen molar-refractivity contribution < 1.29 is 5.11 Å². The van der Waals surface area contributed by atoms with Gasteiger partial charge in [0.05, 0.1) is 0 Å². The summed E-state index contributed by atoms with van der Waals surface area (Å²) in [4.78, 5) is 0. The maximum Gasteiger partial charge on any atom is 0.119 e. The minimum absolute atomic E-state index is 0.559. The zero-order chi connectivity index (χ0) is 23.3. The number of aromatic hydroxyl groups is 1. The molecule has 1 nitrogen and oxygen atoms in total. The minimum Gasteiger partial charge on any atom is -0.508 e. The Hall–Kier alpha value is -0.980. The van der Waals surface area contributed by atoms with Crippen LogP contribution in [0, 0.1) is 0 Å². The fraction of sp³-hybridized carbons (Fsp3) is 0.806. The Labute approximate surface area is 201 Å². The van der Waals surface area contributed by atoms with Crippen molar-refractivity contribution in [2.75, 3.05) is 0 Å². The highest BCUT2D eigenvalue weighted by molar-refractivity contribution is 5.45. The predicted octanol–water partition coefficient (Wildman–Crippen LogP) is 10.5. The van der Waals surface area contributed by atoms with Crippen LogP contribution >= 0.6 is 0 Å². The largest absolute Gasteiger partial charge is 0.508 e. The van der Waals surface area contributed by atoms with Crippen LogP contribution in [0.1, 0.15) is 159 Å². The highest BCUT2D eigenvalue weighted by Gasteiger charge is 2.13. The first kappa shape index (κ1) is 29.1. The fourth-order valence-corrected chi connectivity index (χ4v) is 4.99. The topological polar surface area (TPSA) is 20.2 Å². The number of phenolic OH excluding ortho intramolecular Hbond substituents is 1. The molecule has 0 unspecified atom stereocenters. The van der Waals surface area contributed by atoms with Crippen molar-refractivity contribution in [2.45, 2.75) is 162 Å². The Morgan fingerprint density at radius 2 is 0.812 bits per heavy atom. The zero-order valence-corrected chi connectivity index (χ0v) is 22.2. The summed E-state index contributed by atoms with van der Waals surface area (Å²) in [6.07, 6.45) is 29.0. The van der Waals surface area contributed by atoms with Gasteiger partial charge in [0.25, 0.3) is 0 Å². The van der Waals surface area contributed by atoms with Gasteiger partial charge in [0, 0.05) is 0 Å². The standard InChI is InChI=1S/C31H56O/c1-4-7-10-13-15-16-19-22-25-30-29(24-21-18-14-11-8-5-2)28(26-27-31(30)32)23-20-17-12-9-6-3/h26-27,32H,4-25H2,1-3H3. The first-order valence-electron chi connectivity index (χ1n) is 14.6. The second kappa shape index (κ2) is 20.6. The van der Waals surface area contributed by atoms with E-state index in [1.165, 1.54) is 145 Å². The van der Waals surface area contributed by atoms with Crippen molar-refractivity contribution >= 4 is 0 Å². The Balaban J connectivity index is 2.62. The average molecular weight is 445 g/mol. The number of phenols is 1. The second-order valence-corrected chi connectivity index (χ2v) is 10.1. The summed E-state index contributed by atoms with van der Waals surface area (Å²) in [5.41, 5.74) is 4.33. The third kappa shape index (κ3) is 13.5. The van der Waals surface area contributed by atoms with E-state index in [9.17, 15) is 5.11 Å². The predicted molar refractivity (Wildman–Crippen MR) is 144 cm³/mol. The van der Waals surface area contributed by atoms with Crippen LogP contribution < -0.4 is 0 Å². The molecule has 1 rings (SSSR count). The van der Waals surface area contributed by atoms with Crippen LogP contribution in [0.25, 0.3) is 0 Å². The molecule has 1 N–H and O–H groups in total. The van der Waals surface area contributed by atoms with E-state index in [2.05, 4.69) is 26.8 Å². The maximum absolute atomic E-state index is 10.7. The summed E-state index contributed by atoms with van der Waals surface area (Å²) in [5.74, 6) is 0.559. The van der Waals surface area contributed by atoms with Crippen LogP contribution in [-0.2, 0) is 19.3 Å². The minimum atomic E-state index is 0.559. The molecule has 1 aromatic carbocycles. The van der Waals surface area contributed by atoms with E-state index in [1.807, 2.05) is 6.07 Å². The van der Waals surface area contributed by atoms with Crippen molar-refractivity contribution in [3.8, 4) is 5.75 Å². The normalized spacial score (nSPS) is 11.3. The van der Waals surface area contributed by atoms with Crippen molar-refractivity contribution in [2.24, 2.45) is 0 Å². The smallest absolute Gasteiger partial charge is 0.119 e. The van der Waals surface area contributed by atoms with Gasteiger partial charge in [0.2, 0.25) is 0 Å². The van der Waals surface area contributed by atoms with E-state index in [4.69, 9.17) is 0 Å². The molecule has 0 atom stereocenters. The van der Waals surface area contributed by atoms with Gasteiger partial charge in [0.1, 0.15) is 5.75 Å². The number of benzene rings is 1. The van der Waals surface area contributed by atoms with Crippen LogP contribution in [-0.4, -0.2) is 5.11 Å². The first-order valence-corrected chi connectivity index (χ1v) is 14.6. The maximum atomic E-state index is 10.7. The van der Waals surface area contributed by atoms with Crippen molar-refractivity contribution in [3.05, 3.63) is 28.8 Å². The van der Waals surface area contributed by atoms with Gasteiger partial charge >= 0.3 is 0 Å². The number of hydrogen-bond acceptors (Lipinski definition) is 1. The van der Waals surface area contributed by atoms with Crippen LogP contribution in [0.5, 0.6) is 5.75 Å². The first-order chi connectivity index (χ1) is 15.7. The van der Waals surface area contributed by atoms with Gasteiger partial charge in [-0.05, 0) is 61.3 Å². The summed E-state index contributed by atoms with van der Waals surface area (Å²) in [7, 11) is 0. The molecule has 0 amide bonds. The number of unbranched alkanes of at least 4 members (excludes halogenated alkanes) is 16. The molecule has 1 heteroatoms. The Morgan fingerprint density at radius 1 is 0.438 bits per heavy atom. The monoisotopic (exact) mass is 444 g/mol. The lowest BCUT2D eigenvalue weighted by Gasteiger charge is -2.17. The van der Waals surface area contributed by atoms with Gasteiger partial charge in [-0.1, -0.05) is 130 Å².